The molecule has 1 aromatic rings. The van der Waals surface area contributed by atoms with Crippen LogP contribution in [0.15, 0.2) is 30.3 Å². The van der Waals surface area contributed by atoms with Crippen LogP contribution < -0.4 is 0 Å². The molecule has 1 saturated heterocycles. The third-order valence-corrected chi connectivity index (χ3v) is 7.91. The van der Waals surface area contributed by atoms with Crippen molar-refractivity contribution in [2.24, 2.45) is 5.92 Å². The Hall–Kier alpha value is -1.39. The number of carbonyl (C=O) groups is 1. The summed E-state index contributed by atoms with van der Waals surface area (Å²) in [6, 6.07) is 10.4. The van der Waals surface area contributed by atoms with E-state index in [1.807, 2.05) is 6.07 Å². The largest absolute Gasteiger partial charge is 0.462 e. The van der Waals surface area contributed by atoms with Gasteiger partial charge in [-0.15, -0.1) is 0 Å². The summed E-state index contributed by atoms with van der Waals surface area (Å²) in [5, 5.41) is 2.26. The SMILES string of the molecule is CCCCCCCC(=O)OC1CC(C)(CC)N(OC(C)c2ccccc2)C(C)(CC)C1C. The monoisotopic (exact) mass is 445 g/mol. The van der Waals surface area contributed by atoms with Crippen molar-refractivity contribution in [3.05, 3.63) is 35.9 Å². The topological polar surface area (TPSA) is 38.8 Å². The van der Waals surface area contributed by atoms with Crippen LogP contribution in [0.2, 0.25) is 0 Å². The van der Waals surface area contributed by atoms with Gasteiger partial charge < -0.3 is 4.74 Å². The van der Waals surface area contributed by atoms with Crippen LogP contribution in [0.3, 0.4) is 0 Å². The Kier molecular flexibility index (Phi) is 10.2. The maximum absolute atomic E-state index is 12.7. The molecule has 0 saturated carbocycles. The lowest BCUT2D eigenvalue weighted by Crippen LogP contribution is -2.68. The predicted molar refractivity (Wildman–Crippen MR) is 132 cm³/mol. The van der Waals surface area contributed by atoms with E-state index in [0.29, 0.717) is 6.42 Å². The Balaban J connectivity index is 2.13. The molecule has 182 valence electrons. The molecule has 1 aromatic carbocycles. The highest BCUT2D eigenvalue weighted by Crippen LogP contribution is 2.48. The van der Waals surface area contributed by atoms with E-state index < -0.39 is 0 Å². The minimum absolute atomic E-state index is 0.0395. The zero-order chi connectivity index (χ0) is 23.8. The van der Waals surface area contributed by atoms with E-state index >= 15 is 0 Å². The van der Waals surface area contributed by atoms with Crippen LogP contribution >= 0.6 is 0 Å². The molecule has 0 radical (unpaired) electrons. The van der Waals surface area contributed by atoms with Gasteiger partial charge in [-0.1, -0.05) is 83.7 Å². The van der Waals surface area contributed by atoms with Crippen LogP contribution in [0.1, 0.15) is 118 Å². The Morgan fingerprint density at radius 1 is 1.06 bits per heavy atom. The van der Waals surface area contributed by atoms with Crippen molar-refractivity contribution in [1.82, 2.24) is 5.06 Å². The van der Waals surface area contributed by atoms with Gasteiger partial charge in [0.15, 0.2) is 0 Å². The summed E-state index contributed by atoms with van der Waals surface area (Å²) in [5.74, 6) is 0.140. The van der Waals surface area contributed by atoms with Crippen LogP contribution in [-0.4, -0.2) is 28.2 Å². The second kappa shape index (κ2) is 12.2. The van der Waals surface area contributed by atoms with Gasteiger partial charge in [-0.3, -0.25) is 9.63 Å². The predicted octanol–water partition coefficient (Wildman–Crippen LogP) is 7.63. The van der Waals surface area contributed by atoms with Gasteiger partial charge in [-0.05, 0) is 45.6 Å². The molecule has 0 bridgehead atoms. The number of benzene rings is 1. The van der Waals surface area contributed by atoms with Gasteiger partial charge in [0.1, 0.15) is 12.2 Å². The molecule has 1 aliphatic rings. The van der Waals surface area contributed by atoms with E-state index in [-0.39, 0.29) is 35.2 Å². The Morgan fingerprint density at radius 3 is 2.31 bits per heavy atom. The summed E-state index contributed by atoms with van der Waals surface area (Å²) < 4.78 is 6.12. The van der Waals surface area contributed by atoms with E-state index in [1.54, 1.807) is 0 Å². The van der Waals surface area contributed by atoms with E-state index in [4.69, 9.17) is 9.57 Å². The molecule has 5 atom stereocenters. The summed E-state index contributed by atoms with van der Waals surface area (Å²) in [6.07, 6.45) is 8.78. The molecule has 5 unspecified atom stereocenters. The summed E-state index contributed by atoms with van der Waals surface area (Å²) in [7, 11) is 0. The van der Waals surface area contributed by atoms with Gasteiger partial charge in [0.2, 0.25) is 0 Å². The van der Waals surface area contributed by atoms with Crippen molar-refractivity contribution in [3.8, 4) is 0 Å². The van der Waals surface area contributed by atoms with Crippen molar-refractivity contribution in [1.29, 1.82) is 0 Å². The lowest BCUT2D eigenvalue weighted by molar-refractivity contribution is -0.336. The van der Waals surface area contributed by atoms with Gasteiger partial charge >= 0.3 is 5.97 Å². The van der Waals surface area contributed by atoms with Crippen molar-refractivity contribution in [2.45, 2.75) is 130 Å². The van der Waals surface area contributed by atoms with Gasteiger partial charge in [0, 0.05) is 29.8 Å². The molecule has 1 heterocycles. The van der Waals surface area contributed by atoms with Crippen molar-refractivity contribution < 1.29 is 14.4 Å². The average molecular weight is 446 g/mol. The van der Waals surface area contributed by atoms with Crippen LogP contribution in [-0.2, 0) is 14.4 Å². The number of ether oxygens (including phenoxy) is 1. The Labute approximate surface area is 197 Å². The zero-order valence-corrected chi connectivity index (χ0v) is 21.7. The summed E-state index contributed by atoms with van der Waals surface area (Å²) in [5.41, 5.74) is 0.749. The van der Waals surface area contributed by atoms with Gasteiger partial charge in [0.25, 0.3) is 0 Å². The molecule has 4 nitrogen and oxygen atoms in total. The minimum atomic E-state index is -0.224. The number of nitrogens with zero attached hydrogens (tertiary/aromatic N) is 1. The fraction of sp³-hybridized carbons (Fsp3) is 0.750. The number of hydrogen-bond donors (Lipinski definition) is 0. The molecular formula is C28H47NO3. The molecule has 2 rings (SSSR count). The van der Waals surface area contributed by atoms with E-state index in [0.717, 1.165) is 32.1 Å². The number of unbranched alkanes of at least 4 members (excludes halogenated alkanes) is 4. The number of rotatable bonds is 12. The molecule has 4 heteroatoms. The highest BCUT2D eigenvalue weighted by molar-refractivity contribution is 5.69. The normalized spacial score (nSPS) is 29.6. The zero-order valence-electron chi connectivity index (χ0n) is 21.7. The summed E-state index contributed by atoms with van der Waals surface area (Å²) in [6.45, 7) is 15.5. The number of hydrogen-bond acceptors (Lipinski definition) is 4. The van der Waals surface area contributed by atoms with Crippen LogP contribution in [0.5, 0.6) is 0 Å². The van der Waals surface area contributed by atoms with Crippen LogP contribution in [0.25, 0.3) is 0 Å². The number of piperidine rings is 1. The third kappa shape index (κ3) is 6.35. The first-order valence-electron chi connectivity index (χ1n) is 12.9. The maximum Gasteiger partial charge on any atom is 0.306 e. The lowest BCUT2D eigenvalue weighted by Gasteiger charge is -2.59. The number of carbonyl (C=O) groups excluding carboxylic acids is 1. The van der Waals surface area contributed by atoms with E-state index in [1.165, 1.54) is 24.8 Å². The summed E-state index contributed by atoms with van der Waals surface area (Å²) in [4.78, 5) is 19.4. The first kappa shape index (κ1) is 26.9. The molecule has 0 spiro atoms. The second-order valence-corrected chi connectivity index (χ2v) is 10.2. The van der Waals surface area contributed by atoms with Crippen LogP contribution in [0.4, 0.5) is 0 Å². The molecule has 32 heavy (non-hydrogen) atoms. The van der Waals surface area contributed by atoms with Gasteiger partial charge in [0.05, 0.1) is 0 Å². The molecule has 0 N–H and O–H groups in total. The lowest BCUT2D eigenvalue weighted by atomic mass is 9.69. The molecule has 1 fully saturated rings. The van der Waals surface area contributed by atoms with Crippen molar-refractivity contribution in [2.75, 3.05) is 0 Å². The molecule has 0 amide bonds. The average Bonchev–Trinajstić information content (AvgIpc) is 2.80. The number of hydroxylamine groups is 2. The second-order valence-electron chi connectivity index (χ2n) is 10.2. The number of esters is 1. The van der Waals surface area contributed by atoms with E-state index in [2.05, 4.69) is 77.8 Å². The smallest absolute Gasteiger partial charge is 0.306 e. The van der Waals surface area contributed by atoms with Gasteiger partial charge in [-0.25, -0.2) is 0 Å². The molecule has 1 aliphatic heterocycles. The van der Waals surface area contributed by atoms with Gasteiger partial charge in [-0.2, -0.15) is 5.06 Å². The fourth-order valence-corrected chi connectivity index (χ4v) is 5.08. The molecular weight excluding hydrogens is 398 g/mol. The molecule has 0 aliphatic carbocycles. The Bertz CT molecular complexity index is 693. The summed E-state index contributed by atoms with van der Waals surface area (Å²) >= 11 is 0. The highest BCUT2D eigenvalue weighted by Gasteiger charge is 2.55. The third-order valence-electron chi connectivity index (χ3n) is 7.91. The quantitative estimate of drug-likeness (QED) is 0.245. The van der Waals surface area contributed by atoms with Crippen molar-refractivity contribution >= 4 is 5.97 Å². The van der Waals surface area contributed by atoms with E-state index in [9.17, 15) is 4.79 Å². The fourth-order valence-electron chi connectivity index (χ4n) is 5.08. The first-order valence-corrected chi connectivity index (χ1v) is 12.9. The van der Waals surface area contributed by atoms with Crippen molar-refractivity contribution in [3.63, 3.8) is 0 Å². The Morgan fingerprint density at radius 2 is 1.72 bits per heavy atom. The van der Waals surface area contributed by atoms with Crippen LogP contribution in [0, 0.1) is 5.92 Å². The molecule has 0 aromatic heterocycles. The minimum Gasteiger partial charge on any atom is -0.462 e. The standard InChI is InChI=1S/C28H47NO3/c1-8-11-12-13-17-20-26(30)31-25-21-27(6,9-2)29(28(7,10-3)22(25)4)32-23(5)24-18-15-14-16-19-24/h14-16,18-19,22-23,25H,8-13,17,20-21H2,1-7H3. The highest BCUT2D eigenvalue weighted by atomic mass is 16.7. The maximum atomic E-state index is 12.7. The first-order chi connectivity index (χ1) is 15.2.